The zero-order valence-corrected chi connectivity index (χ0v) is 16.8. The summed E-state index contributed by atoms with van der Waals surface area (Å²) in [4.78, 5) is 12.2. The Morgan fingerprint density at radius 1 is 1.03 bits per heavy atom. The Labute approximate surface area is 170 Å². The number of fused-ring (bicyclic) bond motifs is 1. The van der Waals surface area contributed by atoms with Gasteiger partial charge >= 0.3 is 5.97 Å². The minimum absolute atomic E-state index is 0.212. The van der Waals surface area contributed by atoms with Crippen LogP contribution in [-0.4, -0.2) is 47.2 Å². The van der Waals surface area contributed by atoms with Gasteiger partial charge in [0.25, 0.3) is 0 Å². The standard InChI is InChI=1S/C22H25NO6/c1-25-18-6-4-15(11-20(18)26-2)8-9-23-13-17(22(24)27-3)10-16-5-7-19-21(12-16)29-14-28-19/h4-7,10-12,23H,8-9,13-14H2,1-3H3/b17-10-. The van der Waals surface area contributed by atoms with Crippen molar-refractivity contribution in [1.29, 1.82) is 0 Å². The maximum absolute atomic E-state index is 12.2. The van der Waals surface area contributed by atoms with Gasteiger partial charge in [0, 0.05) is 6.54 Å². The van der Waals surface area contributed by atoms with Crippen molar-refractivity contribution in [1.82, 2.24) is 5.32 Å². The molecule has 1 heterocycles. The van der Waals surface area contributed by atoms with Crippen molar-refractivity contribution in [3.05, 3.63) is 53.1 Å². The molecule has 0 bridgehead atoms. The number of methoxy groups -OCH3 is 3. The topological polar surface area (TPSA) is 75.3 Å². The molecule has 0 atom stereocenters. The van der Waals surface area contributed by atoms with Gasteiger partial charge in [-0.2, -0.15) is 0 Å². The average molecular weight is 399 g/mol. The fourth-order valence-electron chi connectivity index (χ4n) is 3.01. The van der Waals surface area contributed by atoms with Crippen LogP contribution in [0.3, 0.4) is 0 Å². The second-order valence-electron chi connectivity index (χ2n) is 6.39. The molecule has 1 N–H and O–H groups in total. The SMILES string of the molecule is COC(=O)/C(=C\c1ccc2c(c1)OCO2)CNCCc1ccc(OC)c(OC)c1. The van der Waals surface area contributed by atoms with E-state index in [2.05, 4.69) is 5.32 Å². The number of rotatable bonds is 9. The van der Waals surface area contributed by atoms with E-state index in [0.717, 1.165) is 17.5 Å². The minimum atomic E-state index is -0.374. The first-order valence-electron chi connectivity index (χ1n) is 9.24. The molecular formula is C22H25NO6. The minimum Gasteiger partial charge on any atom is -0.493 e. The molecule has 7 nitrogen and oxygen atoms in total. The molecular weight excluding hydrogens is 374 g/mol. The third kappa shape index (κ3) is 5.20. The Morgan fingerprint density at radius 3 is 2.59 bits per heavy atom. The lowest BCUT2D eigenvalue weighted by molar-refractivity contribution is -0.136. The van der Waals surface area contributed by atoms with Crippen LogP contribution in [0.5, 0.6) is 23.0 Å². The summed E-state index contributed by atoms with van der Waals surface area (Å²) in [5, 5.41) is 3.29. The van der Waals surface area contributed by atoms with E-state index in [1.807, 2.05) is 36.4 Å². The number of ether oxygens (including phenoxy) is 5. The predicted molar refractivity (Wildman–Crippen MR) is 109 cm³/mol. The fourth-order valence-corrected chi connectivity index (χ4v) is 3.01. The summed E-state index contributed by atoms with van der Waals surface area (Å²) in [7, 11) is 4.60. The molecule has 0 unspecified atom stereocenters. The zero-order chi connectivity index (χ0) is 20.6. The molecule has 0 aliphatic carbocycles. The van der Waals surface area contributed by atoms with Crippen LogP contribution >= 0.6 is 0 Å². The van der Waals surface area contributed by atoms with Gasteiger partial charge in [-0.05, 0) is 54.4 Å². The summed E-state index contributed by atoms with van der Waals surface area (Å²) >= 11 is 0. The third-order valence-electron chi connectivity index (χ3n) is 4.54. The van der Waals surface area contributed by atoms with Crippen LogP contribution in [0.2, 0.25) is 0 Å². The second-order valence-corrected chi connectivity index (χ2v) is 6.39. The second kappa shape index (κ2) is 9.84. The predicted octanol–water partition coefficient (Wildman–Crippen LogP) is 2.82. The highest BCUT2D eigenvalue weighted by Gasteiger charge is 2.14. The molecule has 0 saturated carbocycles. The molecule has 7 heteroatoms. The average Bonchev–Trinajstić information content (AvgIpc) is 3.22. The van der Waals surface area contributed by atoms with Crippen molar-refractivity contribution in [2.75, 3.05) is 41.2 Å². The van der Waals surface area contributed by atoms with Crippen LogP contribution in [0, 0.1) is 0 Å². The van der Waals surface area contributed by atoms with Gasteiger partial charge in [0.15, 0.2) is 23.0 Å². The molecule has 0 spiro atoms. The van der Waals surface area contributed by atoms with Crippen LogP contribution in [-0.2, 0) is 16.0 Å². The zero-order valence-electron chi connectivity index (χ0n) is 16.8. The van der Waals surface area contributed by atoms with Crippen molar-refractivity contribution in [2.45, 2.75) is 6.42 Å². The summed E-state index contributed by atoms with van der Waals surface area (Å²) in [5.74, 6) is 2.40. The van der Waals surface area contributed by atoms with Crippen LogP contribution in [0.4, 0.5) is 0 Å². The van der Waals surface area contributed by atoms with Crippen molar-refractivity contribution in [3.63, 3.8) is 0 Å². The van der Waals surface area contributed by atoms with E-state index in [4.69, 9.17) is 23.7 Å². The van der Waals surface area contributed by atoms with E-state index in [1.54, 1.807) is 20.3 Å². The number of carbonyl (C=O) groups excluding carboxylic acids is 1. The van der Waals surface area contributed by atoms with Crippen molar-refractivity contribution in [3.8, 4) is 23.0 Å². The number of benzene rings is 2. The Bertz CT molecular complexity index is 893. The van der Waals surface area contributed by atoms with E-state index in [9.17, 15) is 4.79 Å². The summed E-state index contributed by atoms with van der Waals surface area (Å²) in [6, 6.07) is 11.4. The summed E-state index contributed by atoms with van der Waals surface area (Å²) in [6.45, 7) is 1.28. The first-order chi connectivity index (χ1) is 14.1. The van der Waals surface area contributed by atoms with Gasteiger partial charge in [-0.15, -0.1) is 0 Å². The van der Waals surface area contributed by atoms with Crippen LogP contribution in [0.1, 0.15) is 11.1 Å². The van der Waals surface area contributed by atoms with E-state index in [0.29, 0.717) is 41.7 Å². The number of nitrogens with one attached hydrogen (secondary N) is 1. The quantitative estimate of drug-likeness (QED) is 0.395. The molecule has 0 aromatic heterocycles. The van der Waals surface area contributed by atoms with Crippen molar-refractivity contribution < 1.29 is 28.5 Å². The molecule has 1 aliphatic rings. The van der Waals surface area contributed by atoms with Crippen LogP contribution in [0.15, 0.2) is 42.0 Å². The normalized spacial score (nSPS) is 12.6. The van der Waals surface area contributed by atoms with Gasteiger partial charge < -0.3 is 29.0 Å². The molecule has 3 rings (SSSR count). The van der Waals surface area contributed by atoms with Crippen molar-refractivity contribution in [2.24, 2.45) is 0 Å². The summed E-state index contributed by atoms with van der Waals surface area (Å²) in [5.41, 5.74) is 2.48. The molecule has 1 aliphatic heterocycles. The van der Waals surface area contributed by atoms with Gasteiger partial charge in [0.05, 0.1) is 26.9 Å². The lowest BCUT2D eigenvalue weighted by Gasteiger charge is -2.11. The van der Waals surface area contributed by atoms with Gasteiger partial charge in [0.1, 0.15) is 0 Å². The maximum atomic E-state index is 12.2. The maximum Gasteiger partial charge on any atom is 0.335 e. The number of esters is 1. The highest BCUT2D eigenvalue weighted by Crippen LogP contribution is 2.33. The van der Waals surface area contributed by atoms with Crippen molar-refractivity contribution >= 4 is 12.0 Å². The fraction of sp³-hybridized carbons (Fsp3) is 0.318. The Kier molecular flexibility index (Phi) is 6.97. The Hall–Kier alpha value is -3.19. The lowest BCUT2D eigenvalue weighted by Crippen LogP contribution is -2.24. The first-order valence-corrected chi connectivity index (χ1v) is 9.24. The van der Waals surface area contributed by atoms with Gasteiger partial charge in [-0.25, -0.2) is 4.79 Å². The molecule has 0 amide bonds. The van der Waals surface area contributed by atoms with Gasteiger partial charge in [-0.1, -0.05) is 12.1 Å². The molecule has 154 valence electrons. The smallest absolute Gasteiger partial charge is 0.335 e. The van der Waals surface area contributed by atoms with Crippen LogP contribution in [0.25, 0.3) is 6.08 Å². The van der Waals surface area contributed by atoms with E-state index in [-0.39, 0.29) is 12.8 Å². The van der Waals surface area contributed by atoms with E-state index >= 15 is 0 Å². The third-order valence-corrected chi connectivity index (χ3v) is 4.54. The van der Waals surface area contributed by atoms with E-state index < -0.39 is 0 Å². The molecule has 0 radical (unpaired) electrons. The lowest BCUT2D eigenvalue weighted by atomic mass is 10.1. The Balaban J connectivity index is 1.61. The van der Waals surface area contributed by atoms with Crippen LogP contribution < -0.4 is 24.3 Å². The molecule has 29 heavy (non-hydrogen) atoms. The largest absolute Gasteiger partial charge is 0.493 e. The monoisotopic (exact) mass is 399 g/mol. The first kappa shape index (κ1) is 20.5. The molecule has 0 fully saturated rings. The Morgan fingerprint density at radius 2 is 1.83 bits per heavy atom. The summed E-state index contributed by atoms with van der Waals surface area (Å²) < 4.78 is 26.2. The number of carbonyl (C=O) groups is 1. The van der Waals surface area contributed by atoms with Gasteiger partial charge in [-0.3, -0.25) is 0 Å². The molecule has 2 aromatic rings. The summed E-state index contributed by atoms with van der Waals surface area (Å²) in [6.07, 6.45) is 2.57. The number of hydrogen-bond donors (Lipinski definition) is 1. The molecule has 0 saturated heterocycles. The highest BCUT2D eigenvalue weighted by atomic mass is 16.7. The number of hydrogen-bond acceptors (Lipinski definition) is 7. The molecule has 2 aromatic carbocycles. The van der Waals surface area contributed by atoms with E-state index in [1.165, 1.54) is 7.11 Å². The van der Waals surface area contributed by atoms with Gasteiger partial charge in [0.2, 0.25) is 6.79 Å². The highest BCUT2D eigenvalue weighted by molar-refractivity contribution is 5.94.